The van der Waals surface area contributed by atoms with Gasteiger partial charge in [0.15, 0.2) is 0 Å². The Balaban J connectivity index is 0.000000290. The van der Waals surface area contributed by atoms with Crippen LogP contribution in [0, 0.1) is 0 Å². The first-order chi connectivity index (χ1) is 31.8. The number of fused-ring (bicyclic) bond motifs is 2. The normalized spacial score (nSPS) is 12.6. The molecule has 2 atom stereocenters. The molecule has 1 aliphatic rings. The highest BCUT2D eigenvalue weighted by Crippen LogP contribution is 2.23. The number of nitrogens with two attached hydrogens (primary N) is 1. The molecular weight excluding hydrogens is 833 g/mol. The van der Waals surface area contributed by atoms with Gasteiger partial charge in [0, 0.05) is 81.3 Å². The number of carbonyl (C=O) groups is 3. The fourth-order valence-electron chi connectivity index (χ4n) is 6.73. The zero-order chi connectivity index (χ0) is 48.3. The molecule has 12 nitrogen and oxygen atoms in total. The summed E-state index contributed by atoms with van der Waals surface area (Å²) in [5.74, 6) is -0.775. The van der Waals surface area contributed by atoms with E-state index >= 15 is 0 Å². The van der Waals surface area contributed by atoms with Gasteiger partial charge in [-0.2, -0.15) is 0 Å². The standard InChI is InChI=1S/C25H28N2O4.C20H20N2O2.C4H8O.C3H8.C2H6O/c1-25(2,3)31-24(30)27-15-22(19-7-4-17(16-28)5-8-19)23(29)13-18-6-9-21-14-26-11-10-20(21)12-18;21-11-19(16-4-1-14(13-23)2-5-16)20(24)10-15-3-6-18-12-22-8-7-17(18)9-15;1-2-4-5-3-1;1-3-2;1-2-3/h4-12,14,22,28H,13,15-16H2,1-3H3,(H,27,30);1-9,12,19,23H,10-11,13,21H2;1-4H2;3H2,1-2H3;3H,2H2,1H3. The summed E-state index contributed by atoms with van der Waals surface area (Å²) in [6, 6.07) is 30.3. The molecule has 1 aliphatic heterocycles. The maximum atomic E-state index is 13.2. The first kappa shape index (κ1) is 54.4. The summed E-state index contributed by atoms with van der Waals surface area (Å²) in [4.78, 5) is 46.3. The molecule has 2 aromatic heterocycles. The second-order valence-corrected chi connectivity index (χ2v) is 16.8. The number of ether oxygens (including phenoxy) is 2. The molecule has 66 heavy (non-hydrogen) atoms. The molecule has 354 valence electrons. The predicted molar refractivity (Wildman–Crippen MR) is 263 cm³/mol. The highest BCUT2D eigenvalue weighted by atomic mass is 16.6. The summed E-state index contributed by atoms with van der Waals surface area (Å²) >= 11 is 0. The quantitative estimate of drug-likeness (QED) is 0.0743. The number of alkyl carbamates (subject to hydrolysis) is 1. The number of aliphatic hydroxyl groups is 3. The van der Waals surface area contributed by atoms with Gasteiger partial charge >= 0.3 is 6.09 Å². The van der Waals surface area contributed by atoms with Crippen LogP contribution in [0.15, 0.2) is 122 Å². The maximum Gasteiger partial charge on any atom is 0.407 e. The maximum absolute atomic E-state index is 13.2. The number of benzene rings is 4. The summed E-state index contributed by atoms with van der Waals surface area (Å²) in [6.07, 6.45) is 10.9. The highest BCUT2D eigenvalue weighted by Gasteiger charge is 2.24. The minimum absolute atomic E-state index is 0.00648. The van der Waals surface area contributed by atoms with Crippen molar-refractivity contribution in [2.45, 2.75) is 104 Å². The summed E-state index contributed by atoms with van der Waals surface area (Å²) in [6.45, 7) is 13.9. The molecule has 1 amide bonds. The van der Waals surface area contributed by atoms with Crippen molar-refractivity contribution in [1.82, 2.24) is 15.3 Å². The lowest BCUT2D eigenvalue weighted by molar-refractivity contribution is -0.120. The average Bonchev–Trinajstić information content (AvgIpc) is 3.91. The Kier molecular flexibility index (Phi) is 24.4. The lowest BCUT2D eigenvalue weighted by Gasteiger charge is -2.22. The van der Waals surface area contributed by atoms with Crippen LogP contribution < -0.4 is 11.1 Å². The van der Waals surface area contributed by atoms with Gasteiger partial charge in [-0.3, -0.25) is 19.6 Å². The second kappa shape index (κ2) is 29.6. The molecule has 0 bridgehead atoms. The van der Waals surface area contributed by atoms with E-state index in [2.05, 4.69) is 29.1 Å². The van der Waals surface area contributed by atoms with E-state index < -0.39 is 17.6 Å². The summed E-state index contributed by atoms with van der Waals surface area (Å²) in [5, 5.41) is 32.9. The van der Waals surface area contributed by atoms with Gasteiger partial charge in [0.05, 0.1) is 25.0 Å². The smallest absolute Gasteiger partial charge is 0.407 e. The Bertz CT molecular complexity index is 2330. The minimum atomic E-state index is -0.619. The van der Waals surface area contributed by atoms with Crippen LogP contribution in [0.3, 0.4) is 0 Å². The van der Waals surface area contributed by atoms with E-state index in [1.165, 1.54) is 19.3 Å². The van der Waals surface area contributed by atoms with Crippen LogP contribution in [-0.2, 0) is 45.1 Å². The Hall–Kier alpha value is -5.89. The minimum Gasteiger partial charge on any atom is -0.444 e. The molecule has 3 heterocycles. The molecule has 6 aromatic rings. The zero-order valence-electron chi connectivity index (χ0n) is 39.5. The molecule has 2 unspecified atom stereocenters. The SMILES string of the molecule is C1CCOC1.CC(C)(C)OC(=O)NCC(C(=O)Cc1ccc2cnccc2c1)c1ccc(CO)cc1.CCC.CCO.NCC(C(=O)Cc1ccc2cnccc2c1)c1ccc(CO)cc1. The summed E-state index contributed by atoms with van der Waals surface area (Å²) in [7, 11) is 0. The van der Waals surface area contributed by atoms with Crippen LogP contribution in [0.5, 0.6) is 0 Å². The molecule has 12 heteroatoms. The number of pyridine rings is 2. The molecule has 7 rings (SSSR count). The van der Waals surface area contributed by atoms with E-state index in [0.29, 0.717) is 6.42 Å². The Labute approximate surface area is 390 Å². The van der Waals surface area contributed by atoms with E-state index in [0.717, 1.165) is 68.1 Å². The van der Waals surface area contributed by atoms with Crippen molar-refractivity contribution < 1.29 is 39.2 Å². The van der Waals surface area contributed by atoms with Gasteiger partial charge in [0.1, 0.15) is 17.2 Å². The van der Waals surface area contributed by atoms with Gasteiger partial charge in [-0.05, 0) is 96.8 Å². The summed E-state index contributed by atoms with van der Waals surface area (Å²) in [5.41, 5.74) is 10.4. The number of Topliss-reactive ketones (excluding diaryl/α,β-unsaturated/α-hetero) is 2. The third-order valence-electron chi connectivity index (χ3n) is 9.99. The van der Waals surface area contributed by atoms with Gasteiger partial charge in [0.2, 0.25) is 0 Å². The topological polar surface area (TPSA) is 194 Å². The van der Waals surface area contributed by atoms with Crippen molar-refractivity contribution in [3.05, 3.63) is 155 Å². The fourth-order valence-corrected chi connectivity index (χ4v) is 6.73. The lowest BCUT2D eigenvalue weighted by Crippen LogP contribution is -2.36. The third-order valence-corrected chi connectivity index (χ3v) is 9.99. The first-order valence-electron chi connectivity index (χ1n) is 22.7. The lowest BCUT2D eigenvalue weighted by atomic mass is 9.90. The molecule has 0 spiro atoms. The van der Waals surface area contributed by atoms with Crippen molar-refractivity contribution in [2.75, 3.05) is 32.9 Å². The van der Waals surface area contributed by atoms with Crippen LogP contribution in [0.2, 0.25) is 0 Å². The number of aliphatic hydroxyl groups excluding tert-OH is 3. The number of carbonyl (C=O) groups excluding carboxylic acids is 3. The van der Waals surface area contributed by atoms with E-state index in [9.17, 15) is 19.5 Å². The average molecular weight is 903 g/mol. The Morgan fingerprint density at radius 2 is 1.06 bits per heavy atom. The van der Waals surface area contributed by atoms with Crippen molar-refractivity contribution in [3.8, 4) is 0 Å². The number of hydrogen-bond acceptors (Lipinski definition) is 11. The van der Waals surface area contributed by atoms with Crippen LogP contribution in [-0.4, -0.2) is 81.5 Å². The number of nitrogens with one attached hydrogen (secondary N) is 1. The Morgan fingerprint density at radius 3 is 1.44 bits per heavy atom. The molecular formula is C54H70N4O8. The van der Waals surface area contributed by atoms with Crippen LogP contribution in [0.1, 0.15) is 106 Å². The number of nitrogens with zero attached hydrogens (tertiary/aromatic N) is 2. The molecule has 1 fully saturated rings. The largest absolute Gasteiger partial charge is 0.444 e. The van der Waals surface area contributed by atoms with Crippen LogP contribution >= 0.6 is 0 Å². The van der Waals surface area contributed by atoms with Crippen molar-refractivity contribution in [1.29, 1.82) is 0 Å². The monoisotopic (exact) mass is 903 g/mol. The van der Waals surface area contributed by atoms with E-state index in [1.807, 2.05) is 91.1 Å². The van der Waals surface area contributed by atoms with E-state index in [-0.39, 0.29) is 56.8 Å². The van der Waals surface area contributed by atoms with E-state index in [4.69, 9.17) is 25.4 Å². The zero-order valence-corrected chi connectivity index (χ0v) is 39.5. The fraction of sp³-hybridized carbons (Fsp3) is 0.389. The predicted octanol–water partition coefficient (Wildman–Crippen LogP) is 8.94. The van der Waals surface area contributed by atoms with Gasteiger partial charge in [0.25, 0.3) is 0 Å². The number of ketones is 2. The van der Waals surface area contributed by atoms with Crippen LogP contribution in [0.25, 0.3) is 21.5 Å². The Morgan fingerprint density at radius 1 is 0.652 bits per heavy atom. The first-order valence-corrected chi connectivity index (χ1v) is 22.7. The van der Waals surface area contributed by atoms with Crippen LogP contribution in [0.4, 0.5) is 4.79 Å². The van der Waals surface area contributed by atoms with Gasteiger partial charge in [-0.25, -0.2) is 4.79 Å². The highest BCUT2D eigenvalue weighted by molar-refractivity contribution is 5.91. The number of aromatic nitrogens is 2. The van der Waals surface area contributed by atoms with Crippen molar-refractivity contribution in [2.24, 2.45) is 5.73 Å². The molecule has 0 radical (unpaired) electrons. The second-order valence-electron chi connectivity index (χ2n) is 16.8. The number of rotatable bonds is 13. The molecule has 0 aliphatic carbocycles. The summed E-state index contributed by atoms with van der Waals surface area (Å²) < 4.78 is 10.3. The number of hydrogen-bond donors (Lipinski definition) is 5. The van der Waals surface area contributed by atoms with E-state index in [1.54, 1.807) is 58.4 Å². The molecule has 6 N–H and O–H groups in total. The molecule has 1 saturated heterocycles. The van der Waals surface area contributed by atoms with Gasteiger partial charge in [-0.15, -0.1) is 0 Å². The number of amides is 1. The molecule has 0 saturated carbocycles. The third kappa shape index (κ3) is 19.3. The van der Waals surface area contributed by atoms with Crippen molar-refractivity contribution >= 4 is 39.2 Å². The molecule has 4 aromatic carbocycles. The van der Waals surface area contributed by atoms with Crippen molar-refractivity contribution in [3.63, 3.8) is 0 Å². The van der Waals surface area contributed by atoms with Gasteiger partial charge < -0.3 is 35.8 Å². The van der Waals surface area contributed by atoms with Gasteiger partial charge in [-0.1, -0.05) is 105 Å².